The molecule has 0 spiro atoms. The third kappa shape index (κ3) is 2.98. The molecule has 0 bridgehead atoms. The van der Waals surface area contributed by atoms with E-state index in [9.17, 15) is 23.5 Å². The Bertz CT molecular complexity index is 1150. The number of hydrogen-bond donors (Lipinski definition) is 2. The molecule has 0 radical (unpaired) electrons. The molecule has 1 saturated carbocycles. The normalized spacial score (nSPS) is 16.4. The Labute approximate surface area is 160 Å². The van der Waals surface area contributed by atoms with Gasteiger partial charge in [-0.2, -0.15) is 5.10 Å². The van der Waals surface area contributed by atoms with Gasteiger partial charge in [-0.3, -0.25) is 4.79 Å². The lowest BCUT2D eigenvalue weighted by atomic mass is 9.76. The van der Waals surface area contributed by atoms with Crippen molar-refractivity contribution in [1.82, 2.24) is 14.6 Å². The minimum absolute atomic E-state index is 0.0374. The number of aromatic carboxylic acids is 1. The fraction of sp³-hybridized carbons (Fsp3) is 0.235. The lowest BCUT2D eigenvalue weighted by Gasteiger charge is -2.34. The second-order valence-corrected chi connectivity index (χ2v) is 7.26. The number of alkyl halides is 2. The van der Waals surface area contributed by atoms with E-state index in [2.05, 4.69) is 10.1 Å². The summed E-state index contributed by atoms with van der Waals surface area (Å²) >= 11 is 11.9. The lowest BCUT2D eigenvalue weighted by Crippen LogP contribution is -2.34. The average Bonchev–Trinajstić information content (AvgIpc) is 2.95. The van der Waals surface area contributed by atoms with Crippen LogP contribution in [0.5, 0.6) is 0 Å². The van der Waals surface area contributed by atoms with Gasteiger partial charge in [-0.25, -0.2) is 18.1 Å². The largest absolute Gasteiger partial charge is 0.476 e. The number of carbonyl (C=O) groups is 1. The molecule has 27 heavy (non-hydrogen) atoms. The SMILES string of the molecule is O=C(O)c1nn2cc(-c3ccc(Cl)c(Cl)c3)[nH]c(=O)c2c1C1CC(F)(F)C1. The number of nitrogens with zero attached hydrogens (tertiary/aromatic N) is 2. The van der Waals surface area contributed by atoms with E-state index >= 15 is 0 Å². The van der Waals surface area contributed by atoms with Crippen molar-refractivity contribution in [2.45, 2.75) is 24.7 Å². The zero-order valence-electron chi connectivity index (χ0n) is 13.5. The predicted octanol–water partition coefficient (Wildman–Crippen LogP) is 4.21. The van der Waals surface area contributed by atoms with Crippen LogP contribution >= 0.6 is 23.2 Å². The molecule has 0 atom stereocenters. The van der Waals surface area contributed by atoms with E-state index < -0.39 is 41.9 Å². The molecular weight excluding hydrogens is 403 g/mol. The van der Waals surface area contributed by atoms with Crippen molar-refractivity contribution in [3.05, 3.63) is 56.1 Å². The summed E-state index contributed by atoms with van der Waals surface area (Å²) in [5, 5.41) is 14.0. The van der Waals surface area contributed by atoms with E-state index in [4.69, 9.17) is 23.2 Å². The fourth-order valence-corrected chi connectivity index (χ4v) is 3.62. The molecule has 2 heterocycles. The minimum Gasteiger partial charge on any atom is -0.476 e. The Morgan fingerprint density at radius 3 is 2.59 bits per heavy atom. The Hall–Kier alpha value is -2.45. The minimum atomic E-state index is -2.86. The zero-order chi connectivity index (χ0) is 19.5. The van der Waals surface area contributed by atoms with Crippen molar-refractivity contribution in [2.75, 3.05) is 0 Å². The number of aromatic nitrogens is 3. The number of benzene rings is 1. The quantitative estimate of drug-likeness (QED) is 0.673. The maximum atomic E-state index is 13.3. The molecule has 3 aromatic rings. The molecule has 2 aromatic heterocycles. The Kier molecular flexibility index (Phi) is 4.01. The summed E-state index contributed by atoms with van der Waals surface area (Å²) in [6.45, 7) is 0. The van der Waals surface area contributed by atoms with Crippen molar-refractivity contribution < 1.29 is 18.7 Å². The second kappa shape index (κ2) is 6.03. The van der Waals surface area contributed by atoms with E-state index in [-0.39, 0.29) is 16.1 Å². The third-order valence-electron chi connectivity index (χ3n) is 4.59. The highest BCUT2D eigenvalue weighted by Crippen LogP contribution is 2.49. The van der Waals surface area contributed by atoms with Crippen molar-refractivity contribution in [2.24, 2.45) is 0 Å². The summed E-state index contributed by atoms with van der Waals surface area (Å²) < 4.78 is 27.7. The van der Waals surface area contributed by atoms with Gasteiger partial charge in [-0.15, -0.1) is 0 Å². The van der Waals surface area contributed by atoms with Crippen LogP contribution in [0.1, 0.15) is 34.8 Å². The Morgan fingerprint density at radius 1 is 1.30 bits per heavy atom. The second-order valence-electron chi connectivity index (χ2n) is 6.45. The van der Waals surface area contributed by atoms with Crippen LogP contribution in [-0.4, -0.2) is 31.6 Å². The third-order valence-corrected chi connectivity index (χ3v) is 5.33. The van der Waals surface area contributed by atoms with Gasteiger partial charge in [0.05, 0.1) is 21.9 Å². The number of rotatable bonds is 3. The fourth-order valence-electron chi connectivity index (χ4n) is 3.32. The molecule has 0 unspecified atom stereocenters. The first-order valence-electron chi connectivity index (χ1n) is 7.88. The summed E-state index contributed by atoms with van der Waals surface area (Å²) in [5.41, 5.74) is -0.161. The molecule has 0 aliphatic heterocycles. The average molecular weight is 414 g/mol. The van der Waals surface area contributed by atoms with Crippen molar-refractivity contribution in [3.8, 4) is 11.3 Å². The van der Waals surface area contributed by atoms with Gasteiger partial charge < -0.3 is 10.1 Å². The van der Waals surface area contributed by atoms with Gasteiger partial charge in [-0.05, 0) is 12.1 Å². The van der Waals surface area contributed by atoms with Crippen molar-refractivity contribution in [3.63, 3.8) is 0 Å². The van der Waals surface area contributed by atoms with Gasteiger partial charge in [0, 0.05) is 29.9 Å². The van der Waals surface area contributed by atoms with Crippen molar-refractivity contribution >= 4 is 34.7 Å². The van der Waals surface area contributed by atoms with Crippen LogP contribution in [-0.2, 0) is 0 Å². The van der Waals surface area contributed by atoms with E-state index in [1.807, 2.05) is 0 Å². The predicted molar refractivity (Wildman–Crippen MR) is 95.2 cm³/mol. The first-order chi connectivity index (χ1) is 12.7. The highest BCUT2D eigenvalue weighted by molar-refractivity contribution is 6.42. The van der Waals surface area contributed by atoms with Gasteiger partial charge in [0.25, 0.3) is 5.56 Å². The van der Waals surface area contributed by atoms with Crippen LogP contribution in [0.15, 0.2) is 29.2 Å². The van der Waals surface area contributed by atoms with E-state index in [1.54, 1.807) is 12.1 Å². The molecule has 4 rings (SSSR count). The topological polar surface area (TPSA) is 87.5 Å². The molecule has 1 aromatic carbocycles. The molecule has 140 valence electrons. The Balaban J connectivity index is 1.90. The lowest BCUT2D eigenvalue weighted by molar-refractivity contribution is -0.0866. The van der Waals surface area contributed by atoms with Gasteiger partial charge in [-0.1, -0.05) is 29.3 Å². The molecule has 0 amide bonds. The highest BCUT2D eigenvalue weighted by Gasteiger charge is 2.48. The molecule has 2 N–H and O–H groups in total. The van der Waals surface area contributed by atoms with Crippen molar-refractivity contribution in [1.29, 1.82) is 0 Å². The van der Waals surface area contributed by atoms with Crippen LogP contribution in [0.2, 0.25) is 10.0 Å². The zero-order valence-corrected chi connectivity index (χ0v) is 15.0. The molecule has 10 heteroatoms. The highest BCUT2D eigenvalue weighted by atomic mass is 35.5. The summed E-state index contributed by atoms with van der Waals surface area (Å²) in [6.07, 6.45) is 0.397. The standard InChI is InChI=1S/C17H11Cl2F2N3O3/c18-9-2-1-7(3-10(9)19)11-6-24-14(15(25)22-11)12(13(23-24)16(26)27)8-4-17(20,21)5-8/h1-3,6,8H,4-5H2,(H,22,25)(H,26,27). The molecule has 1 aliphatic carbocycles. The molecular formula is C17H11Cl2F2N3O3. The van der Waals surface area contributed by atoms with Crippen LogP contribution in [0.4, 0.5) is 8.78 Å². The smallest absolute Gasteiger partial charge is 0.356 e. The number of carboxylic acids is 1. The summed E-state index contributed by atoms with van der Waals surface area (Å²) in [6, 6.07) is 4.71. The maximum absolute atomic E-state index is 13.3. The van der Waals surface area contributed by atoms with E-state index in [0.29, 0.717) is 16.3 Å². The number of H-pyrrole nitrogens is 1. The van der Waals surface area contributed by atoms with Crippen LogP contribution in [0.3, 0.4) is 0 Å². The van der Waals surface area contributed by atoms with E-state index in [0.717, 1.165) is 4.52 Å². The number of aromatic amines is 1. The molecule has 6 nitrogen and oxygen atoms in total. The number of carboxylic acid groups (broad SMARTS) is 1. The van der Waals surface area contributed by atoms with E-state index in [1.165, 1.54) is 12.3 Å². The number of hydrogen-bond acceptors (Lipinski definition) is 3. The van der Waals surface area contributed by atoms with Gasteiger partial charge in [0.1, 0.15) is 5.52 Å². The van der Waals surface area contributed by atoms with Crippen LogP contribution in [0.25, 0.3) is 16.8 Å². The van der Waals surface area contributed by atoms with Gasteiger partial charge in [0.15, 0.2) is 5.69 Å². The summed E-state index contributed by atoms with van der Waals surface area (Å²) in [7, 11) is 0. The molecule has 1 aliphatic rings. The van der Waals surface area contributed by atoms with Crippen LogP contribution in [0, 0.1) is 0 Å². The summed E-state index contributed by atoms with van der Waals surface area (Å²) in [5.74, 6) is -4.97. The van der Waals surface area contributed by atoms with Gasteiger partial charge >= 0.3 is 5.97 Å². The number of fused-ring (bicyclic) bond motifs is 1. The first-order valence-corrected chi connectivity index (χ1v) is 8.64. The Morgan fingerprint density at radius 2 is 2.00 bits per heavy atom. The van der Waals surface area contributed by atoms with Crippen LogP contribution < -0.4 is 5.56 Å². The first kappa shape index (κ1) is 17.9. The number of nitrogens with one attached hydrogen (secondary N) is 1. The molecule has 0 saturated heterocycles. The van der Waals surface area contributed by atoms with Gasteiger partial charge in [0.2, 0.25) is 5.92 Å². The monoisotopic (exact) mass is 413 g/mol. The number of halogens is 4. The maximum Gasteiger partial charge on any atom is 0.356 e. The molecule has 1 fully saturated rings. The summed E-state index contributed by atoms with van der Waals surface area (Å²) in [4.78, 5) is 26.8.